The van der Waals surface area contributed by atoms with Crippen molar-refractivity contribution in [3.05, 3.63) is 29.6 Å². The molecule has 1 aliphatic heterocycles. The van der Waals surface area contributed by atoms with Crippen molar-refractivity contribution in [2.75, 3.05) is 13.1 Å². The quantitative estimate of drug-likeness (QED) is 0.895. The minimum Gasteiger partial charge on any atom is -0.507 e. The molecule has 5 nitrogen and oxygen atoms in total. The normalized spacial score (nSPS) is 21.8. The van der Waals surface area contributed by atoms with Crippen LogP contribution in [0.5, 0.6) is 5.75 Å². The van der Waals surface area contributed by atoms with E-state index in [1.807, 2.05) is 0 Å². The molecule has 0 radical (unpaired) electrons. The highest BCUT2D eigenvalue weighted by Crippen LogP contribution is 2.39. The monoisotopic (exact) mass is 295 g/mol. The van der Waals surface area contributed by atoms with E-state index in [1.165, 1.54) is 17.0 Å². The van der Waals surface area contributed by atoms with Crippen molar-refractivity contribution in [3.63, 3.8) is 0 Å². The van der Waals surface area contributed by atoms with Gasteiger partial charge in [0, 0.05) is 13.1 Å². The van der Waals surface area contributed by atoms with Gasteiger partial charge in [0.1, 0.15) is 17.1 Å². The van der Waals surface area contributed by atoms with Crippen molar-refractivity contribution >= 4 is 11.9 Å². The third-order valence-electron chi connectivity index (χ3n) is 4.32. The maximum Gasteiger partial charge on any atom is 0.311 e. The van der Waals surface area contributed by atoms with Crippen LogP contribution in [0.4, 0.5) is 4.39 Å². The maximum absolute atomic E-state index is 13.7. The lowest BCUT2D eigenvalue weighted by Gasteiger charge is -2.28. The van der Waals surface area contributed by atoms with Crippen molar-refractivity contribution in [1.29, 1.82) is 0 Å². The second kappa shape index (κ2) is 5.35. The summed E-state index contributed by atoms with van der Waals surface area (Å²) in [6.07, 6.45) is 0.320. The summed E-state index contributed by atoms with van der Waals surface area (Å²) in [7, 11) is 0. The molecule has 0 bridgehead atoms. The standard InChI is InChI=1S/C15H18FNO4/c1-9(2)15(14(20)21)6-7-17(8-15)13(19)12-10(16)4-3-5-11(12)18/h3-5,9,18H,6-8H2,1-2H3,(H,20,21). The van der Waals surface area contributed by atoms with Crippen LogP contribution in [0.1, 0.15) is 30.6 Å². The lowest BCUT2D eigenvalue weighted by molar-refractivity contribution is -0.150. The lowest BCUT2D eigenvalue weighted by atomic mass is 9.76. The summed E-state index contributed by atoms with van der Waals surface area (Å²) < 4.78 is 13.7. The van der Waals surface area contributed by atoms with Gasteiger partial charge in [-0.2, -0.15) is 0 Å². The predicted octanol–water partition coefficient (Wildman–Crippen LogP) is 2.10. The number of hydrogen-bond acceptors (Lipinski definition) is 3. The van der Waals surface area contributed by atoms with Crippen molar-refractivity contribution in [2.45, 2.75) is 20.3 Å². The molecule has 0 aromatic heterocycles. The Balaban J connectivity index is 2.29. The van der Waals surface area contributed by atoms with Crippen LogP contribution < -0.4 is 0 Å². The first-order valence-corrected chi connectivity index (χ1v) is 6.80. The number of rotatable bonds is 3. The first-order valence-electron chi connectivity index (χ1n) is 6.80. The van der Waals surface area contributed by atoms with Gasteiger partial charge in [-0.15, -0.1) is 0 Å². The van der Waals surface area contributed by atoms with Gasteiger partial charge in [-0.3, -0.25) is 9.59 Å². The van der Waals surface area contributed by atoms with Crippen LogP contribution >= 0.6 is 0 Å². The van der Waals surface area contributed by atoms with Gasteiger partial charge in [0.25, 0.3) is 5.91 Å². The smallest absolute Gasteiger partial charge is 0.311 e. The van der Waals surface area contributed by atoms with Crippen LogP contribution in [0.2, 0.25) is 0 Å². The molecule has 1 fully saturated rings. The van der Waals surface area contributed by atoms with Gasteiger partial charge in [0.05, 0.1) is 5.41 Å². The molecule has 0 aliphatic carbocycles. The zero-order valence-corrected chi connectivity index (χ0v) is 12.0. The number of benzene rings is 1. The number of halogens is 1. The molecular formula is C15H18FNO4. The lowest BCUT2D eigenvalue weighted by Crippen LogP contribution is -2.40. The second-order valence-corrected chi connectivity index (χ2v) is 5.73. The van der Waals surface area contributed by atoms with Crippen molar-refractivity contribution in [3.8, 4) is 5.75 Å². The van der Waals surface area contributed by atoms with E-state index in [0.29, 0.717) is 6.42 Å². The van der Waals surface area contributed by atoms with Crippen molar-refractivity contribution in [1.82, 2.24) is 4.90 Å². The maximum atomic E-state index is 13.7. The number of amides is 1. The van der Waals surface area contributed by atoms with E-state index < -0.39 is 34.4 Å². The molecule has 1 aromatic rings. The molecule has 0 saturated carbocycles. The van der Waals surface area contributed by atoms with E-state index >= 15 is 0 Å². The molecule has 114 valence electrons. The van der Waals surface area contributed by atoms with Crippen molar-refractivity contribution < 1.29 is 24.2 Å². The van der Waals surface area contributed by atoms with Crippen LogP contribution in [0.3, 0.4) is 0 Å². The Morgan fingerprint density at radius 3 is 2.52 bits per heavy atom. The van der Waals surface area contributed by atoms with Crippen molar-refractivity contribution in [2.24, 2.45) is 11.3 Å². The topological polar surface area (TPSA) is 77.8 Å². The highest BCUT2D eigenvalue weighted by Gasteiger charge is 2.48. The summed E-state index contributed by atoms with van der Waals surface area (Å²) in [4.78, 5) is 25.2. The van der Waals surface area contributed by atoms with Gasteiger partial charge in [-0.05, 0) is 24.5 Å². The highest BCUT2D eigenvalue weighted by atomic mass is 19.1. The number of carbonyl (C=O) groups excluding carboxylic acids is 1. The molecule has 1 unspecified atom stereocenters. The van der Waals surface area contributed by atoms with Gasteiger partial charge >= 0.3 is 5.97 Å². The molecular weight excluding hydrogens is 277 g/mol. The fraction of sp³-hybridized carbons (Fsp3) is 0.467. The Morgan fingerprint density at radius 1 is 1.38 bits per heavy atom. The summed E-state index contributed by atoms with van der Waals surface area (Å²) in [5, 5.41) is 19.1. The molecule has 1 saturated heterocycles. The molecule has 2 N–H and O–H groups in total. The summed E-state index contributed by atoms with van der Waals surface area (Å²) in [5.41, 5.74) is -1.42. The van der Waals surface area contributed by atoms with Crippen LogP contribution in [-0.4, -0.2) is 40.1 Å². The fourth-order valence-electron chi connectivity index (χ4n) is 2.78. The number of aliphatic carboxylic acids is 1. The SMILES string of the molecule is CC(C)C1(C(=O)O)CCN(C(=O)c2c(O)cccc2F)C1. The number of phenolic OH excluding ortho intramolecular Hbond substituents is 1. The first-order chi connectivity index (χ1) is 9.79. The Morgan fingerprint density at radius 2 is 2.05 bits per heavy atom. The largest absolute Gasteiger partial charge is 0.507 e. The summed E-state index contributed by atoms with van der Waals surface area (Å²) in [6, 6.07) is 3.64. The van der Waals surface area contributed by atoms with E-state index in [-0.39, 0.29) is 19.0 Å². The van der Waals surface area contributed by atoms with E-state index in [9.17, 15) is 24.2 Å². The number of nitrogens with zero attached hydrogens (tertiary/aromatic N) is 1. The molecule has 1 heterocycles. The third-order valence-corrected chi connectivity index (χ3v) is 4.32. The van der Waals surface area contributed by atoms with Gasteiger partial charge < -0.3 is 15.1 Å². The molecule has 1 atom stereocenters. The molecule has 21 heavy (non-hydrogen) atoms. The molecule has 0 spiro atoms. The Labute approximate surface area is 122 Å². The fourth-order valence-corrected chi connectivity index (χ4v) is 2.78. The van der Waals surface area contributed by atoms with Crippen LogP contribution in [-0.2, 0) is 4.79 Å². The Kier molecular flexibility index (Phi) is 3.89. The van der Waals surface area contributed by atoms with Crippen LogP contribution in [0, 0.1) is 17.2 Å². The number of hydrogen-bond donors (Lipinski definition) is 2. The molecule has 1 aromatic carbocycles. The zero-order chi connectivity index (χ0) is 15.8. The zero-order valence-electron chi connectivity index (χ0n) is 12.0. The molecule has 1 aliphatic rings. The number of likely N-dealkylation sites (tertiary alicyclic amines) is 1. The van der Waals surface area contributed by atoms with E-state index in [1.54, 1.807) is 13.8 Å². The molecule has 1 amide bonds. The Bertz CT molecular complexity index is 567. The minimum absolute atomic E-state index is 0.0204. The summed E-state index contributed by atoms with van der Waals surface area (Å²) >= 11 is 0. The summed E-state index contributed by atoms with van der Waals surface area (Å²) in [5.74, 6) is -3.02. The third kappa shape index (κ3) is 2.46. The number of carbonyl (C=O) groups is 2. The van der Waals surface area contributed by atoms with E-state index in [4.69, 9.17) is 0 Å². The average Bonchev–Trinajstić information content (AvgIpc) is 2.84. The number of carboxylic acid groups (broad SMARTS) is 1. The first kappa shape index (κ1) is 15.3. The number of aromatic hydroxyl groups is 1. The minimum atomic E-state index is -1.02. The highest BCUT2D eigenvalue weighted by molar-refractivity contribution is 5.97. The van der Waals surface area contributed by atoms with Crippen LogP contribution in [0.25, 0.3) is 0 Å². The molecule has 2 rings (SSSR count). The van der Waals surface area contributed by atoms with E-state index in [0.717, 1.165) is 6.07 Å². The Hall–Kier alpha value is -2.11. The average molecular weight is 295 g/mol. The molecule has 6 heteroatoms. The van der Waals surface area contributed by atoms with E-state index in [2.05, 4.69) is 0 Å². The summed E-state index contributed by atoms with van der Waals surface area (Å²) in [6.45, 7) is 3.84. The van der Waals surface area contributed by atoms with Gasteiger partial charge in [0.2, 0.25) is 0 Å². The second-order valence-electron chi connectivity index (χ2n) is 5.73. The van der Waals surface area contributed by atoms with Gasteiger partial charge in [-0.1, -0.05) is 19.9 Å². The number of phenols is 1. The van der Waals surface area contributed by atoms with Crippen LogP contribution in [0.15, 0.2) is 18.2 Å². The van der Waals surface area contributed by atoms with Gasteiger partial charge in [0.15, 0.2) is 0 Å². The number of carboxylic acids is 1. The predicted molar refractivity (Wildman–Crippen MR) is 73.5 cm³/mol. The van der Waals surface area contributed by atoms with Gasteiger partial charge in [-0.25, -0.2) is 4.39 Å².